The number of imide groups is 1. The number of carbonyl (C=O) groups excluding carboxylic acids is 4. The highest BCUT2D eigenvalue weighted by Gasteiger charge is 2.41. The van der Waals surface area contributed by atoms with E-state index in [1.54, 1.807) is 18.3 Å². The first kappa shape index (κ1) is 21.9. The van der Waals surface area contributed by atoms with Crippen molar-refractivity contribution < 1.29 is 19.2 Å². The van der Waals surface area contributed by atoms with Gasteiger partial charge < -0.3 is 10.2 Å². The Balaban J connectivity index is 1.17. The van der Waals surface area contributed by atoms with Crippen LogP contribution in [0.1, 0.15) is 59.0 Å². The fourth-order valence-corrected chi connectivity index (χ4v) is 5.97. The minimum absolute atomic E-state index is 0.111. The van der Waals surface area contributed by atoms with Gasteiger partial charge in [0.25, 0.3) is 11.8 Å². The minimum Gasteiger partial charge on any atom is -0.346 e. The summed E-state index contributed by atoms with van der Waals surface area (Å²) in [4.78, 5) is 53.5. The van der Waals surface area contributed by atoms with Crippen molar-refractivity contribution in [3.05, 3.63) is 41.2 Å². The molecule has 0 radical (unpaired) electrons. The molecular formula is C24H27N7O4. The third-order valence-corrected chi connectivity index (χ3v) is 7.97. The van der Waals surface area contributed by atoms with E-state index in [1.807, 2.05) is 6.07 Å². The summed E-state index contributed by atoms with van der Waals surface area (Å²) in [6.45, 7) is 4.62. The maximum Gasteiger partial charge on any atom is 0.273 e. The van der Waals surface area contributed by atoms with Crippen molar-refractivity contribution in [1.29, 1.82) is 0 Å². The zero-order valence-electron chi connectivity index (χ0n) is 19.4. The van der Waals surface area contributed by atoms with Crippen LogP contribution in [-0.4, -0.2) is 79.6 Å². The minimum atomic E-state index is -0.661. The van der Waals surface area contributed by atoms with Crippen molar-refractivity contribution in [2.75, 3.05) is 13.1 Å². The molecule has 4 saturated heterocycles. The standard InChI is InChI=1S/C24H27N7O4/c1-13-21(14-6-8-29(13)9-7-14)26-22(33)18-12-31(28-27-18)16-2-3-17-15(10-16)11-30(24(17)35)19-4-5-20(32)25-23(19)34/h2-3,10,12-14,19,21H,4-9,11H2,1H3,(H,26,33)(H,25,32,34)/t13-,19?,21-/m1/s1. The molecule has 1 aromatic heterocycles. The Morgan fingerprint density at radius 3 is 2.69 bits per heavy atom. The molecule has 4 amide bonds. The first-order valence-electron chi connectivity index (χ1n) is 12.1. The lowest BCUT2D eigenvalue weighted by atomic mass is 9.79. The average molecular weight is 478 g/mol. The predicted octanol–water partition coefficient (Wildman–Crippen LogP) is 0.241. The van der Waals surface area contributed by atoms with E-state index >= 15 is 0 Å². The lowest BCUT2D eigenvalue weighted by Crippen LogP contribution is -2.62. The number of aromatic nitrogens is 3. The summed E-state index contributed by atoms with van der Waals surface area (Å²) in [7, 11) is 0. The molecule has 0 saturated carbocycles. The van der Waals surface area contributed by atoms with Crippen LogP contribution in [-0.2, 0) is 16.1 Å². The fraction of sp³-hybridized carbons (Fsp3) is 0.500. The van der Waals surface area contributed by atoms with Crippen molar-refractivity contribution in [3.63, 3.8) is 0 Å². The molecule has 2 N–H and O–H groups in total. The second kappa shape index (κ2) is 8.26. The lowest BCUT2D eigenvalue weighted by Gasteiger charge is -2.49. The molecule has 5 aliphatic rings. The van der Waals surface area contributed by atoms with E-state index in [4.69, 9.17) is 0 Å². The molecule has 6 heterocycles. The number of rotatable bonds is 4. The normalized spacial score (nSPS) is 29.8. The molecule has 35 heavy (non-hydrogen) atoms. The zero-order valence-corrected chi connectivity index (χ0v) is 19.4. The van der Waals surface area contributed by atoms with Crippen molar-refractivity contribution in [3.8, 4) is 5.69 Å². The van der Waals surface area contributed by atoms with Crippen LogP contribution in [0.4, 0.5) is 0 Å². The topological polar surface area (TPSA) is 130 Å². The van der Waals surface area contributed by atoms with Crippen LogP contribution >= 0.6 is 0 Å². The van der Waals surface area contributed by atoms with Crippen LogP contribution in [0, 0.1) is 5.92 Å². The zero-order chi connectivity index (χ0) is 24.3. The molecule has 3 atom stereocenters. The van der Waals surface area contributed by atoms with Gasteiger partial charge in [-0.25, -0.2) is 4.68 Å². The maximum atomic E-state index is 12.9. The van der Waals surface area contributed by atoms with E-state index in [0.29, 0.717) is 29.6 Å². The molecule has 0 aliphatic carbocycles. The van der Waals surface area contributed by atoms with E-state index in [9.17, 15) is 19.2 Å². The van der Waals surface area contributed by atoms with Gasteiger partial charge in [0.1, 0.15) is 6.04 Å². The lowest BCUT2D eigenvalue weighted by molar-refractivity contribution is -0.136. The monoisotopic (exact) mass is 477 g/mol. The molecule has 11 nitrogen and oxygen atoms in total. The molecule has 1 unspecified atom stereocenters. The molecule has 1 aromatic carbocycles. The molecule has 7 rings (SSSR count). The predicted molar refractivity (Wildman–Crippen MR) is 122 cm³/mol. The van der Waals surface area contributed by atoms with Crippen molar-refractivity contribution >= 4 is 23.6 Å². The average Bonchev–Trinajstić information content (AvgIpc) is 3.47. The first-order chi connectivity index (χ1) is 16.9. The van der Waals surface area contributed by atoms with Crippen LogP contribution in [0.3, 0.4) is 0 Å². The third kappa shape index (κ3) is 3.70. The number of hydrogen-bond donors (Lipinski definition) is 2. The Morgan fingerprint density at radius 2 is 1.94 bits per heavy atom. The molecule has 2 aromatic rings. The van der Waals surface area contributed by atoms with Gasteiger partial charge in [-0.05, 0) is 69.0 Å². The number of benzene rings is 1. The highest BCUT2D eigenvalue weighted by Crippen LogP contribution is 2.32. The van der Waals surface area contributed by atoms with Crippen molar-refractivity contribution in [2.45, 2.75) is 57.3 Å². The number of nitrogens with one attached hydrogen (secondary N) is 2. The Kier molecular flexibility index (Phi) is 5.17. The summed E-state index contributed by atoms with van der Waals surface area (Å²) in [6, 6.07) is 5.03. The van der Waals surface area contributed by atoms with Gasteiger partial charge in [-0.15, -0.1) is 5.10 Å². The summed E-state index contributed by atoms with van der Waals surface area (Å²) >= 11 is 0. The van der Waals surface area contributed by atoms with Gasteiger partial charge >= 0.3 is 0 Å². The molecular weight excluding hydrogens is 450 g/mol. The van der Waals surface area contributed by atoms with Gasteiger partial charge in [-0.1, -0.05) is 5.21 Å². The summed E-state index contributed by atoms with van der Waals surface area (Å²) < 4.78 is 1.52. The Bertz CT molecular complexity index is 1230. The SMILES string of the molecule is C[C@@H]1[C@@H](NC(=O)c2cn(-c3ccc4c(c3)CN(C3CCC(=O)NC3=O)C4=O)nn2)C2CCN1CC2. The van der Waals surface area contributed by atoms with Crippen LogP contribution in [0.5, 0.6) is 0 Å². The molecule has 5 aliphatic heterocycles. The fourth-order valence-electron chi connectivity index (χ4n) is 5.97. The Labute approximate surface area is 201 Å². The highest BCUT2D eigenvalue weighted by molar-refractivity contribution is 6.05. The first-order valence-corrected chi connectivity index (χ1v) is 12.1. The van der Waals surface area contributed by atoms with E-state index < -0.39 is 11.9 Å². The summed E-state index contributed by atoms with van der Waals surface area (Å²) in [5.74, 6) is -0.720. The number of fused-ring (bicyclic) bond motifs is 4. The quantitative estimate of drug-likeness (QED) is 0.604. The molecule has 11 heteroatoms. The van der Waals surface area contributed by atoms with Crippen molar-refractivity contribution in [2.24, 2.45) is 5.92 Å². The van der Waals surface area contributed by atoms with Gasteiger partial charge in [0.2, 0.25) is 11.8 Å². The van der Waals surface area contributed by atoms with Gasteiger partial charge in [-0.3, -0.25) is 29.4 Å². The summed E-state index contributed by atoms with van der Waals surface area (Å²) in [6.07, 6.45) is 4.33. The number of piperidine rings is 4. The van der Waals surface area contributed by atoms with Crippen LogP contribution in [0.15, 0.2) is 24.4 Å². The number of amides is 4. The van der Waals surface area contributed by atoms with Crippen LogP contribution in [0.25, 0.3) is 5.69 Å². The largest absolute Gasteiger partial charge is 0.346 e. The smallest absolute Gasteiger partial charge is 0.273 e. The number of hydrogen-bond acceptors (Lipinski definition) is 7. The highest BCUT2D eigenvalue weighted by atomic mass is 16.2. The van der Waals surface area contributed by atoms with Gasteiger partial charge in [0.05, 0.1) is 11.9 Å². The van der Waals surface area contributed by atoms with E-state index in [0.717, 1.165) is 31.5 Å². The summed E-state index contributed by atoms with van der Waals surface area (Å²) in [5, 5.41) is 13.7. The number of nitrogens with zero attached hydrogens (tertiary/aromatic N) is 5. The van der Waals surface area contributed by atoms with Gasteiger partial charge in [0, 0.05) is 30.6 Å². The molecule has 182 valence electrons. The second-order valence-corrected chi connectivity index (χ2v) is 9.90. The Hall–Kier alpha value is -3.60. The van der Waals surface area contributed by atoms with Crippen LogP contribution in [0.2, 0.25) is 0 Å². The van der Waals surface area contributed by atoms with E-state index in [2.05, 4.69) is 32.8 Å². The van der Waals surface area contributed by atoms with Gasteiger partial charge in [-0.2, -0.15) is 0 Å². The van der Waals surface area contributed by atoms with E-state index in [1.165, 1.54) is 9.58 Å². The maximum absolute atomic E-state index is 12.9. The van der Waals surface area contributed by atoms with Gasteiger partial charge in [0.15, 0.2) is 5.69 Å². The Morgan fingerprint density at radius 1 is 1.14 bits per heavy atom. The second-order valence-electron chi connectivity index (χ2n) is 9.90. The molecule has 0 spiro atoms. The molecule has 4 fully saturated rings. The number of carbonyl (C=O) groups is 4. The van der Waals surface area contributed by atoms with E-state index in [-0.39, 0.29) is 42.4 Å². The van der Waals surface area contributed by atoms with Crippen molar-refractivity contribution in [1.82, 2.24) is 35.4 Å². The van der Waals surface area contributed by atoms with Crippen LogP contribution < -0.4 is 10.6 Å². The third-order valence-electron chi connectivity index (χ3n) is 7.97. The molecule has 2 bridgehead atoms. The summed E-state index contributed by atoms with van der Waals surface area (Å²) in [5.41, 5.74) is 2.20.